The third kappa shape index (κ3) is 3.12. The van der Waals surface area contributed by atoms with E-state index in [1.807, 2.05) is 13.0 Å². The summed E-state index contributed by atoms with van der Waals surface area (Å²) in [5, 5.41) is 0.198. The summed E-state index contributed by atoms with van der Waals surface area (Å²) in [6.07, 6.45) is 0. The van der Waals surface area contributed by atoms with Crippen molar-refractivity contribution in [3.8, 4) is 0 Å². The average Bonchev–Trinajstić information content (AvgIpc) is 2.41. The molecule has 3 N–H and O–H groups in total. The highest BCUT2D eigenvalue weighted by atomic mass is 35.5. The van der Waals surface area contributed by atoms with Crippen LogP contribution in [0.4, 0.5) is 5.69 Å². The van der Waals surface area contributed by atoms with Crippen molar-refractivity contribution in [3.63, 3.8) is 0 Å². The Bertz CT molecular complexity index is 730. The molecule has 2 aromatic rings. The monoisotopic (exact) mass is 310 g/mol. The van der Waals surface area contributed by atoms with Gasteiger partial charge in [0.2, 0.25) is 10.0 Å². The first-order chi connectivity index (χ1) is 9.42. The average molecular weight is 311 g/mol. The van der Waals surface area contributed by atoms with Gasteiger partial charge in [0, 0.05) is 12.2 Å². The minimum absolute atomic E-state index is 0.0724. The van der Waals surface area contributed by atoms with Crippen LogP contribution in [0.3, 0.4) is 0 Å². The summed E-state index contributed by atoms with van der Waals surface area (Å²) >= 11 is 5.91. The van der Waals surface area contributed by atoms with Crippen LogP contribution in [-0.2, 0) is 16.6 Å². The van der Waals surface area contributed by atoms with Gasteiger partial charge in [0.1, 0.15) is 4.90 Å². The highest BCUT2D eigenvalue weighted by molar-refractivity contribution is 7.89. The number of anilines is 1. The standard InChI is InChI=1S/C14H15ClN2O2S/c1-10-11(5-4-7-13(10)16)9-17-20(18,19)14-8-3-2-6-12(14)15/h2-8,17H,9,16H2,1H3. The van der Waals surface area contributed by atoms with Crippen LogP contribution in [0.2, 0.25) is 5.02 Å². The Morgan fingerprint density at radius 1 is 1.15 bits per heavy atom. The van der Waals surface area contributed by atoms with E-state index < -0.39 is 10.0 Å². The lowest BCUT2D eigenvalue weighted by Gasteiger charge is -2.11. The molecule has 0 fully saturated rings. The summed E-state index contributed by atoms with van der Waals surface area (Å²) < 4.78 is 26.9. The number of nitrogens with two attached hydrogens (primary N) is 1. The van der Waals surface area contributed by atoms with Crippen molar-refractivity contribution in [3.05, 3.63) is 58.6 Å². The maximum atomic E-state index is 12.2. The Labute approximate surface area is 123 Å². The summed E-state index contributed by atoms with van der Waals surface area (Å²) in [5.74, 6) is 0. The quantitative estimate of drug-likeness (QED) is 0.853. The second kappa shape index (κ2) is 5.83. The summed E-state index contributed by atoms with van der Waals surface area (Å²) in [6.45, 7) is 2.03. The van der Waals surface area contributed by atoms with Crippen molar-refractivity contribution < 1.29 is 8.42 Å². The lowest BCUT2D eigenvalue weighted by Crippen LogP contribution is -2.24. The second-order valence-corrected chi connectivity index (χ2v) is 6.53. The number of benzene rings is 2. The topological polar surface area (TPSA) is 72.2 Å². The number of halogens is 1. The molecule has 0 saturated heterocycles. The molecule has 6 heteroatoms. The third-order valence-corrected chi connectivity index (χ3v) is 4.97. The minimum atomic E-state index is -3.64. The van der Waals surface area contributed by atoms with Crippen LogP contribution in [0.5, 0.6) is 0 Å². The Hall–Kier alpha value is -1.56. The zero-order valence-electron chi connectivity index (χ0n) is 10.9. The van der Waals surface area contributed by atoms with Crippen molar-refractivity contribution in [2.45, 2.75) is 18.4 Å². The first-order valence-corrected chi connectivity index (χ1v) is 7.86. The number of sulfonamides is 1. The smallest absolute Gasteiger partial charge is 0.242 e. The molecule has 0 radical (unpaired) electrons. The predicted molar refractivity (Wildman–Crippen MR) is 81.1 cm³/mol. The molecule has 0 aliphatic rings. The zero-order chi connectivity index (χ0) is 14.8. The van der Waals surface area contributed by atoms with Gasteiger partial charge in [-0.05, 0) is 36.2 Å². The molecule has 0 aromatic heterocycles. The van der Waals surface area contributed by atoms with E-state index in [0.717, 1.165) is 11.1 Å². The molecular formula is C14H15ClN2O2S. The van der Waals surface area contributed by atoms with E-state index in [1.165, 1.54) is 6.07 Å². The summed E-state index contributed by atoms with van der Waals surface area (Å²) in [6, 6.07) is 11.7. The molecule has 0 heterocycles. The molecule has 0 atom stereocenters. The molecule has 2 aromatic carbocycles. The Balaban J connectivity index is 2.22. The van der Waals surface area contributed by atoms with E-state index in [1.54, 1.807) is 30.3 Å². The Morgan fingerprint density at radius 2 is 1.85 bits per heavy atom. The van der Waals surface area contributed by atoms with Gasteiger partial charge >= 0.3 is 0 Å². The number of hydrogen-bond donors (Lipinski definition) is 2. The molecule has 2 rings (SSSR count). The molecular weight excluding hydrogens is 296 g/mol. The number of nitrogen functional groups attached to an aromatic ring is 1. The summed E-state index contributed by atoms with van der Waals surface area (Å²) in [4.78, 5) is 0.0724. The largest absolute Gasteiger partial charge is 0.399 e. The van der Waals surface area contributed by atoms with Gasteiger partial charge in [0.25, 0.3) is 0 Å². The molecule has 20 heavy (non-hydrogen) atoms. The van der Waals surface area contributed by atoms with E-state index in [9.17, 15) is 8.42 Å². The van der Waals surface area contributed by atoms with Gasteiger partial charge in [-0.15, -0.1) is 0 Å². The van der Waals surface area contributed by atoms with Crippen molar-refractivity contribution in [2.75, 3.05) is 5.73 Å². The van der Waals surface area contributed by atoms with Crippen LogP contribution < -0.4 is 10.5 Å². The molecule has 4 nitrogen and oxygen atoms in total. The van der Waals surface area contributed by atoms with E-state index in [2.05, 4.69) is 4.72 Å². The summed E-state index contributed by atoms with van der Waals surface area (Å²) in [5.41, 5.74) is 8.14. The molecule has 0 spiro atoms. The Kier molecular flexibility index (Phi) is 4.32. The van der Waals surface area contributed by atoms with Crippen molar-refractivity contribution in [1.29, 1.82) is 0 Å². The number of nitrogens with one attached hydrogen (secondary N) is 1. The maximum Gasteiger partial charge on any atom is 0.242 e. The second-order valence-electron chi connectivity index (χ2n) is 4.39. The van der Waals surface area contributed by atoms with Crippen LogP contribution in [0.1, 0.15) is 11.1 Å². The Morgan fingerprint density at radius 3 is 2.55 bits per heavy atom. The highest BCUT2D eigenvalue weighted by Gasteiger charge is 2.17. The fourth-order valence-electron chi connectivity index (χ4n) is 1.81. The lowest BCUT2D eigenvalue weighted by atomic mass is 10.1. The van der Waals surface area contributed by atoms with Gasteiger partial charge in [-0.2, -0.15) is 0 Å². The first kappa shape index (κ1) is 14.8. The SMILES string of the molecule is Cc1c(N)cccc1CNS(=O)(=O)c1ccccc1Cl. The fourth-order valence-corrected chi connectivity index (χ4v) is 3.33. The van der Waals surface area contributed by atoms with Crippen LogP contribution in [0.25, 0.3) is 0 Å². The van der Waals surface area contributed by atoms with Crippen LogP contribution in [0, 0.1) is 6.92 Å². The third-order valence-electron chi connectivity index (χ3n) is 3.07. The molecule has 0 bridgehead atoms. The number of hydrogen-bond acceptors (Lipinski definition) is 3. The maximum absolute atomic E-state index is 12.2. The van der Waals surface area contributed by atoms with E-state index in [-0.39, 0.29) is 16.5 Å². The molecule has 0 aliphatic heterocycles. The van der Waals surface area contributed by atoms with Crippen LogP contribution in [-0.4, -0.2) is 8.42 Å². The zero-order valence-corrected chi connectivity index (χ0v) is 12.5. The molecule has 0 unspecified atom stereocenters. The van der Waals surface area contributed by atoms with Gasteiger partial charge in [0.05, 0.1) is 5.02 Å². The van der Waals surface area contributed by atoms with Crippen LogP contribution in [0.15, 0.2) is 47.4 Å². The fraction of sp³-hybridized carbons (Fsp3) is 0.143. The lowest BCUT2D eigenvalue weighted by molar-refractivity contribution is 0.581. The normalized spacial score (nSPS) is 11.5. The van der Waals surface area contributed by atoms with Gasteiger partial charge in [0.15, 0.2) is 0 Å². The van der Waals surface area contributed by atoms with Gasteiger partial charge in [-0.3, -0.25) is 0 Å². The first-order valence-electron chi connectivity index (χ1n) is 6.00. The molecule has 0 saturated carbocycles. The van der Waals surface area contributed by atoms with Crippen LogP contribution >= 0.6 is 11.6 Å². The van der Waals surface area contributed by atoms with Crippen molar-refractivity contribution in [2.24, 2.45) is 0 Å². The van der Waals surface area contributed by atoms with Crippen molar-refractivity contribution in [1.82, 2.24) is 4.72 Å². The van der Waals surface area contributed by atoms with E-state index in [4.69, 9.17) is 17.3 Å². The van der Waals surface area contributed by atoms with Gasteiger partial charge in [-0.25, -0.2) is 13.1 Å². The molecule has 0 amide bonds. The highest BCUT2D eigenvalue weighted by Crippen LogP contribution is 2.21. The summed E-state index contributed by atoms with van der Waals surface area (Å²) in [7, 11) is -3.64. The van der Waals surface area contributed by atoms with E-state index in [0.29, 0.717) is 5.69 Å². The van der Waals surface area contributed by atoms with E-state index >= 15 is 0 Å². The molecule has 106 valence electrons. The van der Waals surface area contributed by atoms with Crippen molar-refractivity contribution >= 4 is 27.3 Å². The van der Waals surface area contributed by atoms with Gasteiger partial charge < -0.3 is 5.73 Å². The predicted octanol–water partition coefficient (Wildman–Crippen LogP) is 2.71. The number of rotatable bonds is 4. The van der Waals surface area contributed by atoms with Gasteiger partial charge in [-0.1, -0.05) is 35.9 Å². The minimum Gasteiger partial charge on any atom is -0.399 e. The molecule has 0 aliphatic carbocycles.